The van der Waals surface area contributed by atoms with Crippen LogP contribution in [0.2, 0.25) is 5.02 Å². The highest BCUT2D eigenvalue weighted by atomic mass is 35.5. The highest BCUT2D eigenvalue weighted by molar-refractivity contribution is 6.31. The fourth-order valence-electron chi connectivity index (χ4n) is 2.09. The lowest BCUT2D eigenvalue weighted by Gasteiger charge is -2.09. The summed E-state index contributed by atoms with van der Waals surface area (Å²) in [6.45, 7) is 6.17. The first-order chi connectivity index (χ1) is 9.43. The van der Waals surface area contributed by atoms with E-state index in [0.717, 1.165) is 28.5 Å². The van der Waals surface area contributed by atoms with Crippen LogP contribution in [-0.2, 0) is 13.5 Å². The smallest absolute Gasteiger partial charge is 0.241 e. The summed E-state index contributed by atoms with van der Waals surface area (Å²) in [4.78, 5) is 0. The van der Waals surface area contributed by atoms with Gasteiger partial charge in [-0.15, -0.1) is 0 Å². The molecule has 5 heteroatoms. The van der Waals surface area contributed by atoms with Crippen molar-refractivity contribution in [3.63, 3.8) is 0 Å². The van der Waals surface area contributed by atoms with Gasteiger partial charge in [-0.05, 0) is 36.1 Å². The first kappa shape index (κ1) is 14.7. The first-order valence-electron chi connectivity index (χ1n) is 6.72. The SMILES string of the molecule is CCc1cc(Oc2c(N)c(C(C)C)nn2C)ccc1Cl. The van der Waals surface area contributed by atoms with E-state index >= 15 is 0 Å². The molecule has 2 N–H and O–H groups in total. The molecular weight excluding hydrogens is 274 g/mol. The molecule has 0 fully saturated rings. The van der Waals surface area contributed by atoms with E-state index in [4.69, 9.17) is 22.1 Å². The van der Waals surface area contributed by atoms with Gasteiger partial charge in [0.1, 0.15) is 11.4 Å². The van der Waals surface area contributed by atoms with E-state index < -0.39 is 0 Å². The van der Waals surface area contributed by atoms with Crippen molar-refractivity contribution in [2.75, 3.05) is 5.73 Å². The fraction of sp³-hybridized carbons (Fsp3) is 0.400. The zero-order chi connectivity index (χ0) is 14.9. The summed E-state index contributed by atoms with van der Waals surface area (Å²) >= 11 is 6.11. The minimum Gasteiger partial charge on any atom is -0.437 e. The van der Waals surface area contributed by atoms with E-state index in [1.807, 2.05) is 25.2 Å². The van der Waals surface area contributed by atoms with E-state index in [0.29, 0.717) is 11.6 Å². The van der Waals surface area contributed by atoms with Gasteiger partial charge in [0, 0.05) is 12.1 Å². The Morgan fingerprint density at radius 1 is 1.40 bits per heavy atom. The summed E-state index contributed by atoms with van der Waals surface area (Å²) in [5.74, 6) is 1.55. The highest BCUT2D eigenvalue weighted by Crippen LogP contribution is 2.34. The third-order valence-electron chi connectivity index (χ3n) is 3.22. The van der Waals surface area contributed by atoms with Crippen LogP contribution in [0.15, 0.2) is 18.2 Å². The molecule has 108 valence electrons. The number of hydrogen-bond acceptors (Lipinski definition) is 3. The molecule has 2 aromatic rings. The number of nitrogen functional groups attached to an aromatic ring is 1. The fourth-order valence-corrected chi connectivity index (χ4v) is 2.34. The summed E-state index contributed by atoms with van der Waals surface area (Å²) in [6.07, 6.45) is 0.855. The highest BCUT2D eigenvalue weighted by Gasteiger charge is 2.18. The van der Waals surface area contributed by atoms with Crippen molar-refractivity contribution in [1.82, 2.24) is 9.78 Å². The van der Waals surface area contributed by atoms with E-state index in [2.05, 4.69) is 25.9 Å². The first-order valence-corrected chi connectivity index (χ1v) is 7.10. The van der Waals surface area contributed by atoms with Gasteiger partial charge in [0.15, 0.2) is 0 Å². The zero-order valence-corrected chi connectivity index (χ0v) is 13.0. The maximum absolute atomic E-state index is 6.12. The maximum atomic E-state index is 6.12. The van der Waals surface area contributed by atoms with Crippen molar-refractivity contribution >= 4 is 17.3 Å². The van der Waals surface area contributed by atoms with Gasteiger partial charge in [-0.25, -0.2) is 4.68 Å². The molecule has 0 amide bonds. The Kier molecular flexibility index (Phi) is 4.23. The monoisotopic (exact) mass is 293 g/mol. The lowest BCUT2D eigenvalue weighted by atomic mass is 10.1. The van der Waals surface area contributed by atoms with Crippen LogP contribution in [-0.4, -0.2) is 9.78 Å². The minimum absolute atomic E-state index is 0.259. The molecule has 4 nitrogen and oxygen atoms in total. The van der Waals surface area contributed by atoms with Crippen molar-refractivity contribution in [2.45, 2.75) is 33.1 Å². The Bertz CT molecular complexity index is 620. The number of rotatable bonds is 4. The number of nitrogens with zero attached hydrogens (tertiary/aromatic N) is 2. The normalized spacial score (nSPS) is 11.1. The summed E-state index contributed by atoms with van der Waals surface area (Å²) in [6, 6.07) is 5.61. The van der Waals surface area contributed by atoms with Gasteiger partial charge in [-0.3, -0.25) is 0 Å². The molecule has 0 saturated heterocycles. The van der Waals surface area contributed by atoms with Crippen LogP contribution < -0.4 is 10.5 Å². The second-order valence-corrected chi connectivity index (χ2v) is 5.50. The number of benzene rings is 1. The summed E-state index contributed by atoms with van der Waals surface area (Å²) < 4.78 is 7.56. The predicted molar refractivity (Wildman–Crippen MR) is 82.6 cm³/mol. The summed E-state index contributed by atoms with van der Waals surface area (Å²) in [5, 5.41) is 5.16. The molecule has 0 aliphatic rings. The molecule has 1 heterocycles. The second kappa shape index (κ2) is 5.75. The molecule has 1 aromatic heterocycles. The van der Waals surface area contributed by atoms with Crippen LogP contribution in [0.5, 0.6) is 11.6 Å². The Morgan fingerprint density at radius 3 is 2.65 bits per heavy atom. The quantitative estimate of drug-likeness (QED) is 0.922. The van der Waals surface area contributed by atoms with Gasteiger partial charge in [0.05, 0.1) is 5.69 Å². The molecule has 0 spiro atoms. The lowest BCUT2D eigenvalue weighted by molar-refractivity contribution is 0.432. The van der Waals surface area contributed by atoms with Gasteiger partial charge < -0.3 is 10.5 Å². The molecule has 0 unspecified atom stereocenters. The Morgan fingerprint density at radius 2 is 2.10 bits per heavy atom. The predicted octanol–water partition coefficient (Wildman–Crippen LogP) is 4.13. The molecule has 0 aliphatic carbocycles. The van der Waals surface area contributed by atoms with Gasteiger partial charge in [0.25, 0.3) is 0 Å². The van der Waals surface area contributed by atoms with E-state index in [1.54, 1.807) is 4.68 Å². The molecule has 2 rings (SSSR count). The molecule has 20 heavy (non-hydrogen) atoms. The number of aromatic nitrogens is 2. The summed E-state index contributed by atoms with van der Waals surface area (Å²) in [5.41, 5.74) is 8.62. The Labute approximate surface area is 124 Å². The van der Waals surface area contributed by atoms with Crippen LogP contribution in [0.25, 0.3) is 0 Å². The third kappa shape index (κ3) is 2.75. The number of halogens is 1. The van der Waals surface area contributed by atoms with Crippen molar-refractivity contribution in [2.24, 2.45) is 7.05 Å². The van der Waals surface area contributed by atoms with Crippen molar-refractivity contribution in [3.8, 4) is 11.6 Å². The maximum Gasteiger partial charge on any atom is 0.241 e. The van der Waals surface area contributed by atoms with Crippen LogP contribution in [0, 0.1) is 0 Å². The van der Waals surface area contributed by atoms with E-state index in [1.165, 1.54) is 0 Å². The molecular formula is C15H20ClN3O. The van der Waals surface area contributed by atoms with Crippen LogP contribution >= 0.6 is 11.6 Å². The van der Waals surface area contributed by atoms with Crippen LogP contribution in [0.3, 0.4) is 0 Å². The van der Waals surface area contributed by atoms with Gasteiger partial charge in [-0.2, -0.15) is 5.10 Å². The number of anilines is 1. The van der Waals surface area contributed by atoms with Gasteiger partial charge in [0.2, 0.25) is 5.88 Å². The number of hydrogen-bond donors (Lipinski definition) is 1. The number of ether oxygens (including phenoxy) is 1. The standard InChI is InChI=1S/C15H20ClN3O/c1-5-10-8-11(6-7-12(10)16)20-15-13(17)14(9(2)3)18-19(15)4/h6-9H,5,17H2,1-4H3. The zero-order valence-electron chi connectivity index (χ0n) is 12.3. The molecule has 1 aromatic carbocycles. The van der Waals surface area contributed by atoms with Crippen molar-refractivity contribution < 1.29 is 4.74 Å². The molecule has 0 radical (unpaired) electrons. The topological polar surface area (TPSA) is 53.1 Å². The summed E-state index contributed by atoms with van der Waals surface area (Å²) in [7, 11) is 1.83. The number of aryl methyl sites for hydroxylation is 2. The van der Waals surface area contributed by atoms with Crippen molar-refractivity contribution in [3.05, 3.63) is 34.5 Å². The van der Waals surface area contributed by atoms with E-state index in [9.17, 15) is 0 Å². The minimum atomic E-state index is 0.259. The van der Waals surface area contributed by atoms with E-state index in [-0.39, 0.29) is 5.92 Å². The molecule has 0 bridgehead atoms. The van der Waals surface area contributed by atoms with Gasteiger partial charge >= 0.3 is 0 Å². The largest absolute Gasteiger partial charge is 0.437 e. The van der Waals surface area contributed by atoms with Crippen molar-refractivity contribution in [1.29, 1.82) is 0 Å². The van der Waals surface area contributed by atoms with Gasteiger partial charge in [-0.1, -0.05) is 32.4 Å². The Balaban J connectivity index is 2.35. The molecule has 0 saturated carbocycles. The molecule has 0 atom stereocenters. The lowest BCUT2D eigenvalue weighted by Crippen LogP contribution is -1.97. The van der Waals surface area contributed by atoms with Crippen LogP contribution in [0.4, 0.5) is 5.69 Å². The average molecular weight is 294 g/mol. The van der Waals surface area contributed by atoms with Crippen LogP contribution in [0.1, 0.15) is 37.9 Å². The third-order valence-corrected chi connectivity index (χ3v) is 3.59. The second-order valence-electron chi connectivity index (χ2n) is 5.09. The molecule has 0 aliphatic heterocycles. The Hall–Kier alpha value is -1.68. The average Bonchev–Trinajstić information content (AvgIpc) is 2.69. The number of nitrogens with two attached hydrogens (primary N) is 1.